The molecular weight excluding hydrogens is 206 g/mol. The van der Waals surface area contributed by atoms with Gasteiger partial charge < -0.3 is 10.2 Å². The Bertz CT molecular complexity index is 425. The van der Waals surface area contributed by atoms with Crippen molar-refractivity contribution in [1.82, 2.24) is 4.98 Å². The molecule has 1 aromatic heterocycles. The van der Waals surface area contributed by atoms with Crippen molar-refractivity contribution in [3.8, 4) is 5.75 Å². The molecule has 0 atom stereocenters. The number of aromatic nitrogens is 1. The van der Waals surface area contributed by atoms with Crippen LogP contribution in [0.5, 0.6) is 5.75 Å². The van der Waals surface area contributed by atoms with Crippen LogP contribution in [0.2, 0.25) is 0 Å². The first-order valence-corrected chi connectivity index (χ1v) is 5.09. The Labute approximate surface area is 94.3 Å². The van der Waals surface area contributed by atoms with Crippen LogP contribution in [0.15, 0.2) is 12.3 Å². The zero-order valence-electron chi connectivity index (χ0n) is 9.40. The number of aromatic hydroxyl groups is 1. The highest BCUT2D eigenvalue weighted by atomic mass is 16.3. The summed E-state index contributed by atoms with van der Waals surface area (Å²) in [5.74, 6) is -0.0236. The molecule has 86 valence electrons. The van der Waals surface area contributed by atoms with Gasteiger partial charge in [-0.05, 0) is 19.1 Å². The van der Waals surface area contributed by atoms with Crippen LogP contribution in [0.1, 0.15) is 30.2 Å². The molecule has 0 amide bonds. The zero-order chi connectivity index (χ0) is 12.1. The molecule has 0 spiro atoms. The molecule has 2 N–H and O–H groups in total. The second-order valence-electron chi connectivity index (χ2n) is 3.44. The standard InChI is InChI=1S/C12H15NO3/c1-3-10(15)4-5-11-9(7-14)6-13-8(2)12(11)16/h4-6,14,16H,3,7H2,1-2H3. The minimum absolute atomic E-state index is 0.00621. The van der Waals surface area contributed by atoms with Crippen LogP contribution >= 0.6 is 0 Å². The number of aryl methyl sites for hydroxylation is 1. The van der Waals surface area contributed by atoms with E-state index in [1.165, 1.54) is 18.3 Å². The summed E-state index contributed by atoms with van der Waals surface area (Å²) in [4.78, 5) is 15.1. The second kappa shape index (κ2) is 5.42. The number of aliphatic hydroxyl groups excluding tert-OH is 1. The SMILES string of the molecule is CCC(=O)C=Cc1c(CO)cnc(C)c1O. The average molecular weight is 221 g/mol. The van der Waals surface area contributed by atoms with E-state index >= 15 is 0 Å². The molecule has 0 radical (unpaired) electrons. The van der Waals surface area contributed by atoms with Crippen LogP contribution in [0.25, 0.3) is 6.08 Å². The van der Waals surface area contributed by atoms with E-state index in [1.807, 2.05) is 0 Å². The van der Waals surface area contributed by atoms with Gasteiger partial charge in [-0.3, -0.25) is 9.78 Å². The summed E-state index contributed by atoms with van der Waals surface area (Å²) in [6.07, 6.45) is 4.82. The van der Waals surface area contributed by atoms with Gasteiger partial charge in [-0.2, -0.15) is 0 Å². The normalized spacial score (nSPS) is 10.9. The molecule has 0 fully saturated rings. The summed E-state index contributed by atoms with van der Waals surface area (Å²) >= 11 is 0. The fraction of sp³-hybridized carbons (Fsp3) is 0.333. The third kappa shape index (κ3) is 2.67. The number of nitrogens with zero attached hydrogens (tertiary/aromatic N) is 1. The van der Waals surface area contributed by atoms with Crippen molar-refractivity contribution in [2.75, 3.05) is 0 Å². The highest BCUT2D eigenvalue weighted by Crippen LogP contribution is 2.25. The van der Waals surface area contributed by atoms with Crippen LogP contribution in [-0.2, 0) is 11.4 Å². The Kier molecular flexibility index (Phi) is 4.19. The van der Waals surface area contributed by atoms with Gasteiger partial charge in [0.05, 0.1) is 12.3 Å². The first kappa shape index (κ1) is 12.4. The van der Waals surface area contributed by atoms with Crippen molar-refractivity contribution in [2.24, 2.45) is 0 Å². The van der Waals surface area contributed by atoms with Gasteiger partial charge in [0, 0.05) is 23.7 Å². The summed E-state index contributed by atoms with van der Waals surface area (Å²) in [5.41, 5.74) is 1.43. The minimum atomic E-state index is -0.221. The molecular formula is C12H15NO3. The van der Waals surface area contributed by atoms with E-state index in [0.717, 1.165) is 0 Å². The molecule has 0 aliphatic heterocycles. The van der Waals surface area contributed by atoms with Crippen LogP contribution in [0.4, 0.5) is 0 Å². The van der Waals surface area contributed by atoms with Gasteiger partial charge in [0.2, 0.25) is 0 Å². The molecule has 1 heterocycles. The molecule has 0 saturated heterocycles. The van der Waals surface area contributed by atoms with E-state index in [9.17, 15) is 9.90 Å². The molecule has 0 bridgehead atoms. The van der Waals surface area contributed by atoms with Gasteiger partial charge in [0.15, 0.2) is 5.78 Å². The van der Waals surface area contributed by atoms with E-state index in [-0.39, 0.29) is 18.1 Å². The largest absolute Gasteiger partial charge is 0.505 e. The minimum Gasteiger partial charge on any atom is -0.505 e. The maximum absolute atomic E-state index is 11.1. The summed E-state index contributed by atoms with van der Waals surface area (Å²) in [5, 5.41) is 18.8. The molecule has 0 saturated carbocycles. The third-order valence-corrected chi connectivity index (χ3v) is 2.31. The van der Waals surface area contributed by atoms with Crippen molar-refractivity contribution in [1.29, 1.82) is 0 Å². The molecule has 0 unspecified atom stereocenters. The number of pyridine rings is 1. The fourth-order valence-electron chi connectivity index (χ4n) is 1.26. The van der Waals surface area contributed by atoms with Crippen LogP contribution < -0.4 is 0 Å². The number of carbonyl (C=O) groups excluding carboxylic acids is 1. The number of aliphatic hydroxyl groups is 1. The lowest BCUT2D eigenvalue weighted by atomic mass is 10.1. The van der Waals surface area contributed by atoms with Gasteiger partial charge >= 0.3 is 0 Å². The number of rotatable bonds is 4. The lowest BCUT2D eigenvalue weighted by Crippen LogP contribution is -1.95. The summed E-state index contributed by atoms with van der Waals surface area (Å²) in [6, 6.07) is 0. The Hall–Kier alpha value is -1.68. The van der Waals surface area contributed by atoms with Gasteiger partial charge in [0.1, 0.15) is 5.75 Å². The van der Waals surface area contributed by atoms with Crippen molar-refractivity contribution < 1.29 is 15.0 Å². The molecule has 0 aliphatic rings. The van der Waals surface area contributed by atoms with Crippen LogP contribution in [-0.4, -0.2) is 21.0 Å². The van der Waals surface area contributed by atoms with Crippen molar-refractivity contribution in [3.05, 3.63) is 29.1 Å². The number of hydrogen-bond acceptors (Lipinski definition) is 4. The molecule has 16 heavy (non-hydrogen) atoms. The second-order valence-corrected chi connectivity index (χ2v) is 3.44. The predicted octanol–water partition coefficient (Wildman–Crippen LogP) is 1.58. The maximum atomic E-state index is 11.1. The Morgan fingerprint density at radius 1 is 1.56 bits per heavy atom. The van der Waals surface area contributed by atoms with E-state index in [1.54, 1.807) is 13.8 Å². The molecule has 1 rings (SSSR count). The highest BCUT2D eigenvalue weighted by molar-refractivity contribution is 5.93. The van der Waals surface area contributed by atoms with Crippen molar-refractivity contribution in [3.63, 3.8) is 0 Å². The monoisotopic (exact) mass is 221 g/mol. The topological polar surface area (TPSA) is 70.4 Å². The zero-order valence-corrected chi connectivity index (χ0v) is 9.40. The first-order valence-electron chi connectivity index (χ1n) is 5.09. The van der Waals surface area contributed by atoms with Gasteiger partial charge in [-0.15, -0.1) is 0 Å². The Morgan fingerprint density at radius 2 is 2.25 bits per heavy atom. The lowest BCUT2D eigenvalue weighted by Gasteiger charge is -2.07. The number of carbonyl (C=O) groups is 1. The van der Waals surface area contributed by atoms with Gasteiger partial charge in [-0.25, -0.2) is 0 Å². The van der Waals surface area contributed by atoms with E-state index < -0.39 is 0 Å². The quantitative estimate of drug-likeness (QED) is 0.757. The first-order chi connectivity index (χ1) is 7.60. The molecule has 0 aliphatic carbocycles. The summed E-state index contributed by atoms with van der Waals surface area (Å²) in [6.45, 7) is 3.20. The molecule has 1 aromatic rings. The van der Waals surface area contributed by atoms with Crippen molar-refractivity contribution in [2.45, 2.75) is 26.9 Å². The average Bonchev–Trinajstić information content (AvgIpc) is 2.30. The molecule has 4 heteroatoms. The predicted molar refractivity (Wildman–Crippen MR) is 60.9 cm³/mol. The van der Waals surface area contributed by atoms with E-state index in [2.05, 4.69) is 4.98 Å². The van der Waals surface area contributed by atoms with Crippen LogP contribution in [0.3, 0.4) is 0 Å². The molecule has 0 aromatic carbocycles. The third-order valence-electron chi connectivity index (χ3n) is 2.31. The van der Waals surface area contributed by atoms with Crippen LogP contribution in [0, 0.1) is 6.92 Å². The van der Waals surface area contributed by atoms with E-state index in [4.69, 9.17) is 5.11 Å². The van der Waals surface area contributed by atoms with Crippen molar-refractivity contribution >= 4 is 11.9 Å². The summed E-state index contributed by atoms with van der Waals surface area (Å²) in [7, 11) is 0. The molecule has 4 nitrogen and oxygen atoms in total. The summed E-state index contributed by atoms with van der Waals surface area (Å²) < 4.78 is 0. The Morgan fingerprint density at radius 3 is 2.81 bits per heavy atom. The number of hydrogen-bond donors (Lipinski definition) is 2. The lowest BCUT2D eigenvalue weighted by molar-refractivity contribution is -0.114. The van der Waals surface area contributed by atoms with Gasteiger partial charge in [-0.1, -0.05) is 6.92 Å². The fourth-order valence-corrected chi connectivity index (χ4v) is 1.26. The van der Waals surface area contributed by atoms with E-state index in [0.29, 0.717) is 23.2 Å². The Balaban J connectivity index is 3.15. The number of allylic oxidation sites excluding steroid dienone is 1. The smallest absolute Gasteiger partial charge is 0.155 e. The maximum Gasteiger partial charge on any atom is 0.155 e. The number of ketones is 1. The van der Waals surface area contributed by atoms with Gasteiger partial charge in [0.25, 0.3) is 0 Å². The highest BCUT2D eigenvalue weighted by Gasteiger charge is 2.08.